The molecule has 4 aliphatic heterocycles. The Labute approximate surface area is 469 Å². The first-order valence-corrected chi connectivity index (χ1v) is 26.5. The number of aromatic hydroxyl groups is 1. The molecule has 0 aliphatic carbocycles. The van der Waals surface area contributed by atoms with Crippen molar-refractivity contribution in [2.45, 2.75) is 70.7 Å². The van der Waals surface area contributed by atoms with E-state index in [4.69, 9.17) is 24.7 Å². The fourth-order valence-electron chi connectivity index (χ4n) is 10.3. The number of amides is 5. The van der Waals surface area contributed by atoms with E-state index in [1.54, 1.807) is 80.4 Å². The van der Waals surface area contributed by atoms with Crippen LogP contribution in [0.5, 0.6) is 23.0 Å². The van der Waals surface area contributed by atoms with Crippen LogP contribution in [-0.2, 0) is 30.9 Å². The average molecular weight is 1110 g/mol. The molecule has 0 saturated carbocycles. The fraction of sp³-hybridized carbons (Fsp3) is 0.242. The number of benzene rings is 6. The van der Waals surface area contributed by atoms with Gasteiger partial charge in [-0.05, 0) is 91.6 Å². The standard InChI is InChI=1S/C40H37FN4O6.C22H19FN4O4/c1-40(2,3)51-38(47)43-29-22-45(23-29)39(48)50-35-30-15-10-20-42-33(30)36(49-34(26-11-6-4-7-12-26)27-13-8-5-9-14-27)32-31(35)24-44(37(32)46)21-25-16-18-28(41)19-17-25;23-13-5-3-12(4-6-13)8-26-11-16-17(21(26)29)19(28)18-15(2-1-7-25-18)20(16)31-22(30)27-9-14(24)10-27/h4-20,29,34H,21-24H2,1-3H3,(H,43,47);1-7,14,28H,8-11,24H2. The predicted octanol–water partition coefficient (Wildman–Crippen LogP) is 9.78. The molecule has 6 aromatic carbocycles. The Morgan fingerprint density at radius 3 is 1.60 bits per heavy atom. The number of phenolic OH excluding ortho intramolecular Hbond substituents is 1. The van der Waals surface area contributed by atoms with Gasteiger partial charge in [-0.15, -0.1) is 0 Å². The number of phenols is 1. The average Bonchev–Trinajstić information content (AvgIpc) is 4.18. The number of hydrogen-bond donors (Lipinski definition) is 3. The summed E-state index contributed by atoms with van der Waals surface area (Å²) in [5, 5.41) is 14.5. The van der Waals surface area contributed by atoms with E-state index < -0.39 is 35.9 Å². The zero-order chi connectivity index (χ0) is 57.4. The van der Waals surface area contributed by atoms with Crippen molar-refractivity contribution in [2.75, 3.05) is 26.2 Å². The summed E-state index contributed by atoms with van der Waals surface area (Å²) in [6.07, 6.45) is 0.744. The number of rotatable bonds is 11. The van der Waals surface area contributed by atoms with Crippen molar-refractivity contribution in [1.82, 2.24) is 34.9 Å². The van der Waals surface area contributed by atoms with Crippen molar-refractivity contribution < 1.29 is 56.8 Å². The van der Waals surface area contributed by atoms with Crippen molar-refractivity contribution in [3.63, 3.8) is 0 Å². The lowest BCUT2D eigenvalue weighted by molar-refractivity contribution is 0.0407. The quantitative estimate of drug-likeness (QED) is 0.110. The Kier molecular flexibility index (Phi) is 14.9. The second-order valence-corrected chi connectivity index (χ2v) is 21.4. The lowest BCUT2D eigenvalue weighted by Gasteiger charge is -2.38. The molecule has 20 heteroatoms. The number of hydrogen-bond acceptors (Lipinski definition) is 13. The maximum absolute atomic E-state index is 14.4. The zero-order valence-electron chi connectivity index (χ0n) is 44.9. The number of fused-ring (bicyclic) bond motifs is 4. The smallest absolute Gasteiger partial charge is 0.415 e. The van der Waals surface area contributed by atoms with Crippen molar-refractivity contribution in [2.24, 2.45) is 5.73 Å². The van der Waals surface area contributed by atoms with Gasteiger partial charge in [-0.1, -0.05) is 84.9 Å². The van der Waals surface area contributed by atoms with E-state index >= 15 is 0 Å². The van der Waals surface area contributed by atoms with Crippen molar-refractivity contribution in [3.8, 4) is 23.0 Å². The molecule has 8 aromatic rings. The largest absolute Gasteiger partial charge is 0.505 e. The van der Waals surface area contributed by atoms with Gasteiger partial charge in [0.2, 0.25) is 0 Å². The molecule has 12 rings (SSSR count). The summed E-state index contributed by atoms with van der Waals surface area (Å²) in [7, 11) is 0. The van der Waals surface area contributed by atoms with Crippen LogP contribution in [0.2, 0.25) is 0 Å². The summed E-state index contributed by atoms with van der Waals surface area (Å²) >= 11 is 0. The van der Waals surface area contributed by atoms with E-state index in [0.29, 0.717) is 40.5 Å². The topological polar surface area (TPSA) is 219 Å². The third-order valence-electron chi connectivity index (χ3n) is 14.3. The van der Waals surface area contributed by atoms with Gasteiger partial charge in [0, 0.05) is 79.6 Å². The summed E-state index contributed by atoms with van der Waals surface area (Å²) in [5.41, 5.74) is 10.1. The number of carbonyl (C=O) groups is 5. The van der Waals surface area contributed by atoms with E-state index in [1.807, 2.05) is 60.7 Å². The van der Waals surface area contributed by atoms with Gasteiger partial charge in [0.15, 0.2) is 11.5 Å². The summed E-state index contributed by atoms with van der Waals surface area (Å²) in [5.74, 6) is -1.05. The van der Waals surface area contributed by atoms with Crippen molar-refractivity contribution in [3.05, 3.63) is 202 Å². The van der Waals surface area contributed by atoms with Crippen LogP contribution < -0.4 is 25.3 Å². The zero-order valence-corrected chi connectivity index (χ0v) is 44.9. The summed E-state index contributed by atoms with van der Waals surface area (Å²) in [6, 6.07) is 37.7. The molecule has 2 fully saturated rings. The predicted molar refractivity (Wildman–Crippen MR) is 297 cm³/mol. The number of aromatic nitrogens is 2. The van der Waals surface area contributed by atoms with E-state index in [-0.39, 0.29) is 109 Å². The third-order valence-corrected chi connectivity index (χ3v) is 14.3. The lowest BCUT2D eigenvalue weighted by Crippen LogP contribution is -2.61. The Morgan fingerprint density at radius 1 is 0.634 bits per heavy atom. The van der Waals surface area contributed by atoms with E-state index in [1.165, 1.54) is 45.2 Å². The number of alkyl carbamates (subject to hydrolysis) is 1. The summed E-state index contributed by atoms with van der Waals surface area (Å²) in [4.78, 5) is 80.9. The van der Waals surface area contributed by atoms with E-state index in [9.17, 15) is 37.9 Å². The van der Waals surface area contributed by atoms with Crippen LogP contribution in [0.15, 0.2) is 146 Å². The number of likely N-dealkylation sites (tertiary alicyclic amines) is 2. The van der Waals surface area contributed by atoms with Gasteiger partial charge in [0.25, 0.3) is 11.8 Å². The first kappa shape index (κ1) is 54.3. The Morgan fingerprint density at radius 2 is 1.10 bits per heavy atom. The minimum atomic E-state index is -0.651. The molecular weight excluding hydrogens is 1050 g/mol. The molecule has 0 radical (unpaired) electrons. The van der Waals surface area contributed by atoms with Gasteiger partial charge in [0.1, 0.15) is 45.9 Å². The highest BCUT2D eigenvalue weighted by Gasteiger charge is 2.41. The van der Waals surface area contributed by atoms with Crippen LogP contribution in [0, 0.1) is 11.6 Å². The highest BCUT2D eigenvalue weighted by molar-refractivity contribution is 6.10. The van der Waals surface area contributed by atoms with Gasteiger partial charge in [-0.25, -0.2) is 23.2 Å². The van der Waals surface area contributed by atoms with Crippen LogP contribution >= 0.6 is 0 Å². The molecule has 18 nitrogen and oxygen atoms in total. The minimum absolute atomic E-state index is 0.0661. The molecular formula is C62H56F2N8O10. The molecule has 2 saturated heterocycles. The normalized spacial score (nSPS) is 14.9. The monoisotopic (exact) mass is 1110 g/mol. The number of carbonyl (C=O) groups excluding carboxylic acids is 5. The SMILES string of the molecule is CC(C)(C)OC(=O)NC1CN(C(=O)Oc2c3c(c(OC(c4ccccc4)c4ccccc4)c4ncccc24)C(=O)N(Cc2ccc(F)cc2)C3)C1.NC1CN(C(=O)Oc2c3c(c(O)c4ncccc24)C(=O)N(Cc2ccc(F)cc2)C3)C1. The van der Waals surface area contributed by atoms with Crippen LogP contribution in [-0.4, -0.2) is 109 Å². The lowest BCUT2D eigenvalue weighted by atomic mass is 9.99. The van der Waals surface area contributed by atoms with Crippen LogP contribution in [0.4, 0.5) is 23.2 Å². The van der Waals surface area contributed by atoms with Gasteiger partial charge in [0.05, 0.1) is 30.3 Å². The van der Waals surface area contributed by atoms with Gasteiger partial charge < -0.3 is 54.7 Å². The van der Waals surface area contributed by atoms with Gasteiger partial charge in [-0.2, -0.15) is 0 Å². The number of ether oxygens (including phenoxy) is 4. The first-order chi connectivity index (χ1) is 39.5. The molecule has 0 spiro atoms. The summed E-state index contributed by atoms with van der Waals surface area (Å²) in [6.45, 7) is 7.22. The van der Waals surface area contributed by atoms with Gasteiger partial charge in [-0.3, -0.25) is 19.6 Å². The van der Waals surface area contributed by atoms with E-state index in [2.05, 4.69) is 15.3 Å². The fourth-order valence-corrected chi connectivity index (χ4v) is 10.3. The maximum atomic E-state index is 14.4. The number of halogens is 2. The maximum Gasteiger partial charge on any atom is 0.415 e. The molecule has 4 aliphatic rings. The molecule has 4 N–H and O–H groups in total. The Hall–Kier alpha value is -9.69. The van der Waals surface area contributed by atoms with Gasteiger partial charge >= 0.3 is 18.3 Å². The molecule has 0 unspecified atom stereocenters. The van der Waals surface area contributed by atoms with Crippen LogP contribution in [0.1, 0.15) is 81.0 Å². The Balaban J connectivity index is 0.000000194. The highest BCUT2D eigenvalue weighted by atomic mass is 19.1. The molecule has 418 valence electrons. The second kappa shape index (κ2) is 22.4. The first-order valence-electron chi connectivity index (χ1n) is 26.5. The minimum Gasteiger partial charge on any atom is -0.505 e. The third kappa shape index (κ3) is 11.2. The molecule has 0 atom stereocenters. The Bertz CT molecular complexity index is 3720. The molecule has 5 amide bonds. The van der Waals surface area contributed by atoms with Crippen LogP contribution in [0.3, 0.4) is 0 Å². The van der Waals surface area contributed by atoms with Crippen molar-refractivity contribution >= 4 is 51.9 Å². The van der Waals surface area contributed by atoms with Crippen LogP contribution in [0.25, 0.3) is 21.8 Å². The molecule has 0 bridgehead atoms. The number of nitrogens with zero attached hydrogens (tertiary/aromatic N) is 6. The van der Waals surface area contributed by atoms with E-state index in [0.717, 1.165) is 22.3 Å². The molecule has 2 aromatic heterocycles. The highest BCUT2D eigenvalue weighted by Crippen LogP contribution is 2.48. The molecule has 6 heterocycles. The second-order valence-electron chi connectivity index (χ2n) is 21.4. The van der Waals surface area contributed by atoms with Crippen molar-refractivity contribution in [1.29, 1.82) is 0 Å². The number of nitrogens with one attached hydrogen (secondary N) is 1. The molecule has 82 heavy (non-hydrogen) atoms. The summed E-state index contributed by atoms with van der Waals surface area (Å²) < 4.78 is 51.0. The number of nitrogens with two attached hydrogens (primary N) is 1. The number of pyridine rings is 2.